The van der Waals surface area contributed by atoms with Crippen molar-refractivity contribution < 1.29 is 9.47 Å². The summed E-state index contributed by atoms with van der Waals surface area (Å²) in [5.41, 5.74) is -0.273. The molecule has 0 spiro atoms. The molecule has 2 atom stereocenters. The van der Waals surface area contributed by atoms with Crippen LogP contribution in [0.3, 0.4) is 0 Å². The minimum Gasteiger partial charge on any atom is -0.475 e. The van der Waals surface area contributed by atoms with Crippen LogP contribution in [-0.4, -0.2) is 37.1 Å². The minimum atomic E-state index is -0.273. The summed E-state index contributed by atoms with van der Waals surface area (Å²) in [5.74, 6) is 1.65. The largest absolute Gasteiger partial charge is 0.475 e. The van der Waals surface area contributed by atoms with Crippen molar-refractivity contribution in [3.8, 4) is 0 Å². The molecule has 2 aliphatic rings. The normalized spacial score (nSPS) is 29.3. The summed E-state index contributed by atoms with van der Waals surface area (Å²) in [6.45, 7) is 10.00. The fourth-order valence-corrected chi connectivity index (χ4v) is 2.60. The van der Waals surface area contributed by atoms with Crippen molar-refractivity contribution in [1.82, 2.24) is 0 Å². The lowest BCUT2D eigenvalue weighted by atomic mass is 9.83. The molecule has 2 unspecified atom stereocenters. The highest BCUT2D eigenvalue weighted by molar-refractivity contribution is 6.05. The molecular formula is C15H26N2O2. The van der Waals surface area contributed by atoms with Crippen molar-refractivity contribution in [2.75, 3.05) is 13.1 Å². The maximum atomic E-state index is 5.89. The van der Waals surface area contributed by atoms with Gasteiger partial charge in [-0.25, -0.2) is 0 Å². The monoisotopic (exact) mass is 266 g/mol. The van der Waals surface area contributed by atoms with Crippen LogP contribution in [0.4, 0.5) is 0 Å². The molecule has 0 aromatic carbocycles. The lowest BCUT2D eigenvalue weighted by Crippen LogP contribution is -2.38. The number of nitrogens with zero attached hydrogens (tertiary/aromatic N) is 2. The van der Waals surface area contributed by atoms with Gasteiger partial charge < -0.3 is 9.47 Å². The van der Waals surface area contributed by atoms with Crippen LogP contribution < -0.4 is 0 Å². The van der Waals surface area contributed by atoms with Gasteiger partial charge in [-0.15, -0.1) is 0 Å². The van der Waals surface area contributed by atoms with E-state index in [1.54, 1.807) is 0 Å². The third-order valence-electron chi connectivity index (χ3n) is 3.83. The van der Waals surface area contributed by atoms with E-state index in [9.17, 15) is 0 Å². The van der Waals surface area contributed by atoms with Crippen LogP contribution >= 0.6 is 0 Å². The Labute approximate surface area is 116 Å². The van der Waals surface area contributed by atoms with Crippen molar-refractivity contribution in [1.29, 1.82) is 0 Å². The Morgan fingerprint density at radius 2 is 1.58 bits per heavy atom. The fraction of sp³-hybridized carbons (Fsp3) is 0.867. The average molecular weight is 266 g/mol. The van der Waals surface area contributed by atoms with Gasteiger partial charge in [0.05, 0.1) is 13.1 Å². The smallest absolute Gasteiger partial charge is 0.199 e. The molecule has 2 rings (SSSR count). The standard InChI is InChI=1S/C15H26N2O2/c1-5-6-7-8-15(4,13-16-9-11(2)18-13)14-17-10-12(3)19-14/h11-12H,5-10H2,1-4H3. The Bertz CT molecular complexity index is 348. The lowest BCUT2D eigenvalue weighted by molar-refractivity contribution is 0.191. The summed E-state index contributed by atoms with van der Waals surface area (Å²) < 4.78 is 11.8. The first-order chi connectivity index (χ1) is 9.06. The van der Waals surface area contributed by atoms with Crippen molar-refractivity contribution in [3.63, 3.8) is 0 Å². The molecule has 0 saturated heterocycles. The van der Waals surface area contributed by atoms with Gasteiger partial charge in [0.15, 0.2) is 11.8 Å². The van der Waals surface area contributed by atoms with E-state index in [0.717, 1.165) is 37.7 Å². The predicted octanol–water partition coefficient (Wildman–Crippen LogP) is 3.21. The highest BCUT2D eigenvalue weighted by Gasteiger charge is 2.43. The van der Waals surface area contributed by atoms with Crippen LogP contribution in [0.25, 0.3) is 0 Å². The van der Waals surface area contributed by atoms with E-state index >= 15 is 0 Å². The molecule has 2 aliphatic heterocycles. The fourth-order valence-electron chi connectivity index (χ4n) is 2.60. The van der Waals surface area contributed by atoms with Crippen LogP contribution in [0.5, 0.6) is 0 Å². The van der Waals surface area contributed by atoms with Gasteiger partial charge in [0, 0.05) is 0 Å². The molecule has 19 heavy (non-hydrogen) atoms. The summed E-state index contributed by atoms with van der Waals surface area (Å²) in [6.07, 6.45) is 4.95. The average Bonchev–Trinajstić information content (AvgIpc) is 2.98. The third kappa shape index (κ3) is 3.10. The zero-order chi connectivity index (χ0) is 13.9. The number of hydrogen-bond donors (Lipinski definition) is 0. The maximum Gasteiger partial charge on any atom is 0.199 e. The molecule has 4 heteroatoms. The minimum absolute atomic E-state index is 0.180. The summed E-state index contributed by atoms with van der Waals surface area (Å²) in [6, 6.07) is 0. The molecule has 4 nitrogen and oxygen atoms in total. The van der Waals surface area contributed by atoms with E-state index < -0.39 is 0 Å². The predicted molar refractivity (Wildman–Crippen MR) is 77.9 cm³/mol. The summed E-state index contributed by atoms with van der Waals surface area (Å²) in [7, 11) is 0. The van der Waals surface area contributed by atoms with Crippen LogP contribution in [0.15, 0.2) is 9.98 Å². The molecule has 0 bridgehead atoms. The Balaban J connectivity index is 2.13. The van der Waals surface area contributed by atoms with Gasteiger partial charge in [0.25, 0.3) is 0 Å². The second kappa shape index (κ2) is 5.93. The van der Waals surface area contributed by atoms with E-state index in [4.69, 9.17) is 9.47 Å². The van der Waals surface area contributed by atoms with E-state index in [2.05, 4.69) is 37.7 Å². The number of ether oxygens (including phenoxy) is 2. The van der Waals surface area contributed by atoms with E-state index in [-0.39, 0.29) is 17.6 Å². The highest BCUT2D eigenvalue weighted by atomic mass is 16.5. The second-order valence-electron chi connectivity index (χ2n) is 5.94. The molecular weight excluding hydrogens is 240 g/mol. The van der Waals surface area contributed by atoms with Gasteiger partial charge >= 0.3 is 0 Å². The van der Waals surface area contributed by atoms with Gasteiger partial charge in [0.1, 0.15) is 17.6 Å². The van der Waals surface area contributed by atoms with Crippen LogP contribution in [0.2, 0.25) is 0 Å². The molecule has 108 valence electrons. The number of rotatable bonds is 6. The van der Waals surface area contributed by atoms with E-state index in [1.165, 1.54) is 12.8 Å². The third-order valence-corrected chi connectivity index (χ3v) is 3.83. The van der Waals surface area contributed by atoms with Gasteiger partial charge in [0.2, 0.25) is 0 Å². The summed E-state index contributed by atoms with van der Waals surface area (Å²) >= 11 is 0. The van der Waals surface area contributed by atoms with Gasteiger partial charge in [-0.3, -0.25) is 9.98 Å². The summed E-state index contributed by atoms with van der Waals surface area (Å²) in [4.78, 5) is 9.14. The van der Waals surface area contributed by atoms with Crippen molar-refractivity contribution in [2.24, 2.45) is 15.4 Å². The first kappa shape index (κ1) is 14.4. The van der Waals surface area contributed by atoms with E-state index in [1.807, 2.05) is 0 Å². The zero-order valence-corrected chi connectivity index (χ0v) is 12.6. The quantitative estimate of drug-likeness (QED) is 0.693. The van der Waals surface area contributed by atoms with E-state index in [0.29, 0.717) is 0 Å². The van der Waals surface area contributed by atoms with Crippen molar-refractivity contribution in [3.05, 3.63) is 0 Å². The Kier molecular flexibility index (Phi) is 4.48. The first-order valence-corrected chi connectivity index (χ1v) is 7.49. The second-order valence-corrected chi connectivity index (χ2v) is 5.94. The number of unbranched alkanes of at least 4 members (excludes halogenated alkanes) is 2. The Hall–Kier alpha value is -1.06. The molecule has 2 heterocycles. The maximum absolute atomic E-state index is 5.89. The molecule has 0 radical (unpaired) electrons. The molecule has 0 aliphatic carbocycles. The van der Waals surface area contributed by atoms with Gasteiger partial charge in [-0.2, -0.15) is 0 Å². The van der Waals surface area contributed by atoms with Crippen molar-refractivity contribution >= 4 is 11.8 Å². The number of aliphatic imine (C=N–C) groups is 2. The number of hydrogen-bond acceptors (Lipinski definition) is 4. The molecule has 0 fully saturated rings. The van der Waals surface area contributed by atoms with Crippen molar-refractivity contribution in [2.45, 2.75) is 65.6 Å². The van der Waals surface area contributed by atoms with Crippen LogP contribution in [0, 0.1) is 5.41 Å². The van der Waals surface area contributed by atoms with Crippen LogP contribution in [-0.2, 0) is 9.47 Å². The summed E-state index contributed by atoms with van der Waals surface area (Å²) in [5, 5.41) is 0. The SMILES string of the molecule is CCCCCC(C)(C1=NCC(C)O1)C1=NCC(C)O1. The highest BCUT2D eigenvalue weighted by Crippen LogP contribution is 2.34. The first-order valence-electron chi connectivity index (χ1n) is 7.49. The molecule has 0 N–H and O–H groups in total. The molecule has 0 amide bonds. The zero-order valence-electron chi connectivity index (χ0n) is 12.6. The van der Waals surface area contributed by atoms with Crippen LogP contribution in [0.1, 0.15) is 53.4 Å². The molecule has 0 saturated carbocycles. The Morgan fingerprint density at radius 1 is 1.05 bits per heavy atom. The lowest BCUT2D eigenvalue weighted by Gasteiger charge is -2.29. The molecule has 0 aromatic heterocycles. The Morgan fingerprint density at radius 3 is 1.95 bits per heavy atom. The molecule has 0 aromatic rings. The topological polar surface area (TPSA) is 43.2 Å². The van der Waals surface area contributed by atoms with Gasteiger partial charge in [-0.1, -0.05) is 26.2 Å². The van der Waals surface area contributed by atoms with Gasteiger partial charge in [-0.05, 0) is 27.2 Å².